The maximum absolute atomic E-state index is 3.55. The van der Waals surface area contributed by atoms with Crippen molar-refractivity contribution in [2.24, 2.45) is 0 Å². The number of halogens is 1. The molecule has 1 aromatic heterocycles. The Labute approximate surface area is 102 Å². The zero-order valence-corrected chi connectivity index (χ0v) is 10.2. The van der Waals surface area contributed by atoms with Gasteiger partial charge in [0.1, 0.15) is 0 Å². The van der Waals surface area contributed by atoms with Gasteiger partial charge >= 0.3 is 0 Å². The van der Waals surface area contributed by atoms with E-state index in [9.17, 15) is 0 Å². The molecule has 0 atom stereocenters. The zero-order chi connectivity index (χ0) is 11.0. The van der Waals surface area contributed by atoms with Crippen molar-refractivity contribution < 1.29 is 0 Å². The Bertz CT molecular complexity index is 626. The van der Waals surface area contributed by atoms with Crippen molar-refractivity contribution in [1.82, 2.24) is 4.98 Å². The SMILES string of the molecule is Brc1ccc(-c2ccccc2)c2cc[nH]c12. The third-order valence-electron chi connectivity index (χ3n) is 2.76. The second-order valence-electron chi connectivity index (χ2n) is 3.73. The molecule has 0 spiro atoms. The minimum Gasteiger partial charge on any atom is -0.360 e. The Kier molecular flexibility index (Phi) is 2.29. The van der Waals surface area contributed by atoms with E-state index in [2.05, 4.69) is 63.4 Å². The van der Waals surface area contributed by atoms with Gasteiger partial charge in [-0.2, -0.15) is 0 Å². The molecule has 0 aliphatic heterocycles. The van der Waals surface area contributed by atoms with Crippen LogP contribution in [-0.4, -0.2) is 4.98 Å². The van der Waals surface area contributed by atoms with Gasteiger partial charge in [-0.15, -0.1) is 0 Å². The number of nitrogens with one attached hydrogen (secondary N) is 1. The monoisotopic (exact) mass is 271 g/mol. The van der Waals surface area contributed by atoms with E-state index < -0.39 is 0 Å². The lowest BCUT2D eigenvalue weighted by atomic mass is 10.0. The van der Waals surface area contributed by atoms with Crippen LogP contribution in [0, 0.1) is 0 Å². The predicted octanol–water partition coefficient (Wildman–Crippen LogP) is 4.60. The lowest BCUT2D eigenvalue weighted by Crippen LogP contribution is -1.79. The molecule has 0 fully saturated rings. The molecule has 1 N–H and O–H groups in total. The molecule has 1 heterocycles. The van der Waals surface area contributed by atoms with E-state index in [0.29, 0.717) is 0 Å². The maximum Gasteiger partial charge on any atom is 0.0604 e. The van der Waals surface area contributed by atoms with Crippen LogP contribution in [0.2, 0.25) is 0 Å². The van der Waals surface area contributed by atoms with Gasteiger partial charge in [0, 0.05) is 16.1 Å². The molecular weight excluding hydrogens is 262 g/mol. The Morgan fingerprint density at radius 1 is 0.875 bits per heavy atom. The second-order valence-corrected chi connectivity index (χ2v) is 4.58. The van der Waals surface area contributed by atoms with Crippen molar-refractivity contribution in [3.8, 4) is 11.1 Å². The Hall–Kier alpha value is -1.54. The molecular formula is C14H10BrN. The predicted molar refractivity (Wildman–Crippen MR) is 71.4 cm³/mol. The highest BCUT2D eigenvalue weighted by Crippen LogP contribution is 2.32. The minimum absolute atomic E-state index is 1.10. The molecule has 0 saturated heterocycles. The van der Waals surface area contributed by atoms with Gasteiger partial charge < -0.3 is 4.98 Å². The Morgan fingerprint density at radius 3 is 2.50 bits per heavy atom. The van der Waals surface area contributed by atoms with E-state index in [1.807, 2.05) is 12.3 Å². The van der Waals surface area contributed by atoms with Gasteiger partial charge in [0.2, 0.25) is 0 Å². The summed E-state index contributed by atoms with van der Waals surface area (Å²) >= 11 is 3.55. The van der Waals surface area contributed by atoms with E-state index in [1.165, 1.54) is 16.5 Å². The van der Waals surface area contributed by atoms with Crippen molar-refractivity contribution in [3.05, 3.63) is 59.2 Å². The van der Waals surface area contributed by atoms with Crippen LogP contribution in [0.3, 0.4) is 0 Å². The summed E-state index contributed by atoms with van der Waals surface area (Å²) in [6.45, 7) is 0. The summed E-state index contributed by atoms with van der Waals surface area (Å²) in [5.74, 6) is 0. The van der Waals surface area contributed by atoms with Crippen LogP contribution in [0.5, 0.6) is 0 Å². The molecule has 2 heteroatoms. The number of fused-ring (bicyclic) bond motifs is 1. The fourth-order valence-electron chi connectivity index (χ4n) is 1.99. The highest BCUT2D eigenvalue weighted by molar-refractivity contribution is 9.10. The first-order valence-electron chi connectivity index (χ1n) is 5.17. The van der Waals surface area contributed by atoms with E-state index in [4.69, 9.17) is 0 Å². The molecule has 0 saturated carbocycles. The lowest BCUT2D eigenvalue weighted by Gasteiger charge is -2.04. The van der Waals surface area contributed by atoms with Crippen LogP contribution in [0.4, 0.5) is 0 Å². The van der Waals surface area contributed by atoms with Crippen molar-refractivity contribution in [3.63, 3.8) is 0 Å². The molecule has 3 aromatic rings. The standard InChI is InChI=1S/C14H10BrN/c15-13-7-6-11(10-4-2-1-3-5-10)12-8-9-16-14(12)13/h1-9,16H. The first-order valence-corrected chi connectivity index (χ1v) is 5.96. The summed E-state index contributed by atoms with van der Waals surface area (Å²) in [6, 6.07) is 16.8. The summed E-state index contributed by atoms with van der Waals surface area (Å²) in [5, 5.41) is 1.25. The molecule has 0 radical (unpaired) electrons. The summed E-state index contributed by atoms with van der Waals surface area (Å²) < 4.78 is 1.10. The Morgan fingerprint density at radius 2 is 1.69 bits per heavy atom. The zero-order valence-electron chi connectivity index (χ0n) is 8.57. The van der Waals surface area contributed by atoms with Gasteiger partial charge in [-0.1, -0.05) is 36.4 Å². The van der Waals surface area contributed by atoms with Gasteiger partial charge in [-0.3, -0.25) is 0 Å². The molecule has 0 bridgehead atoms. The smallest absolute Gasteiger partial charge is 0.0604 e. The molecule has 0 amide bonds. The minimum atomic E-state index is 1.10. The van der Waals surface area contributed by atoms with Crippen molar-refractivity contribution in [1.29, 1.82) is 0 Å². The third kappa shape index (κ3) is 1.46. The van der Waals surface area contributed by atoms with E-state index in [-0.39, 0.29) is 0 Å². The van der Waals surface area contributed by atoms with Gasteiger partial charge in [0.05, 0.1) is 5.52 Å². The van der Waals surface area contributed by atoms with Crippen LogP contribution in [0.15, 0.2) is 59.2 Å². The van der Waals surface area contributed by atoms with E-state index >= 15 is 0 Å². The van der Waals surface area contributed by atoms with Crippen LogP contribution < -0.4 is 0 Å². The molecule has 78 valence electrons. The van der Waals surface area contributed by atoms with Crippen molar-refractivity contribution in [2.45, 2.75) is 0 Å². The summed E-state index contributed by atoms with van der Waals surface area (Å²) in [4.78, 5) is 3.25. The number of benzene rings is 2. The number of hydrogen-bond donors (Lipinski definition) is 1. The first-order chi connectivity index (χ1) is 7.86. The van der Waals surface area contributed by atoms with E-state index in [0.717, 1.165) is 9.99 Å². The van der Waals surface area contributed by atoms with Crippen molar-refractivity contribution >= 4 is 26.8 Å². The number of aromatic amines is 1. The second kappa shape index (κ2) is 3.80. The number of rotatable bonds is 1. The number of hydrogen-bond acceptors (Lipinski definition) is 0. The van der Waals surface area contributed by atoms with Crippen LogP contribution >= 0.6 is 15.9 Å². The topological polar surface area (TPSA) is 15.8 Å². The molecule has 16 heavy (non-hydrogen) atoms. The number of H-pyrrole nitrogens is 1. The van der Waals surface area contributed by atoms with Crippen LogP contribution in [0.25, 0.3) is 22.0 Å². The normalized spacial score (nSPS) is 10.8. The quantitative estimate of drug-likeness (QED) is 0.666. The Balaban J connectivity index is 2.33. The first kappa shape index (κ1) is 9.67. The highest BCUT2D eigenvalue weighted by Gasteiger charge is 2.06. The van der Waals surface area contributed by atoms with Gasteiger partial charge in [0.15, 0.2) is 0 Å². The fraction of sp³-hybridized carbons (Fsp3) is 0. The highest BCUT2D eigenvalue weighted by atomic mass is 79.9. The number of aromatic nitrogens is 1. The third-order valence-corrected chi connectivity index (χ3v) is 3.42. The largest absolute Gasteiger partial charge is 0.360 e. The van der Waals surface area contributed by atoms with Crippen LogP contribution in [-0.2, 0) is 0 Å². The summed E-state index contributed by atoms with van der Waals surface area (Å²) in [6.07, 6.45) is 1.97. The molecule has 3 rings (SSSR count). The molecule has 2 aromatic carbocycles. The molecule has 0 aliphatic rings. The average molecular weight is 272 g/mol. The average Bonchev–Trinajstić information content (AvgIpc) is 2.81. The molecule has 0 unspecified atom stereocenters. The summed E-state index contributed by atoms with van der Waals surface area (Å²) in [7, 11) is 0. The molecule has 0 aliphatic carbocycles. The fourth-order valence-corrected chi connectivity index (χ4v) is 2.45. The summed E-state index contributed by atoms with van der Waals surface area (Å²) in [5.41, 5.74) is 3.67. The maximum atomic E-state index is 3.55. The van der Waals surface area contributed by atoms with Gasteiger partial charge in [0.25, 0.3) is 0 Å². The van der Waals surface area contributed by atoms with Gasteiger partial charge in [-0.05, 0) is 39.2 Å². The van der Waals surface area contributed by atoms with Crippen LogP contribution in [0.1, 0.15) is 0 Å². The van der Waals surface area contributed by atoms with E-state index in [1.54, 1.807) is 0 Å². The van der Waals surface area contributed by atoms with Gasteiger partial charge in [-0.25, -0.2) is 0 Å². The molecule has 1 nitrogen and oxygen atoms in total. The van der Waals surface area contributed by atoms with Crippen molar-refractivity contribution in [2.75, 3.05) is 0 Å². The lowest BCUT2D eigenvalue weighted by molar-refractivity contribution is 1.46.